The van der Waals surface area contributed by atoms with Crippen molar-refractivity contribution in [2.75, 3.05) is 0 Å². The standard InChI is InChI=1S/C6H6S/c7-6-4-2-1-3-5-6/h1-5,7H/i1D,2D,3D,4D,5D. The molecule has 36 valence electrons. The molecule has 1 heteroatoms. The van der Waals surface area contributed by atoms with E-state index in [0.717, 1.165) is 0 Å². The molecular weight excluding hydrogens is 104 g/mol. The Morgan fingerprint density at radius 1 is 1.29 bits per heavy atom. The minimum atomic E-state index is -0.386. The maximum atomic E-state index is 7.24. The number of thiol groups is 1. The van der Waals surface area contributed by atoms with Crippen LogP contribution in [0.25, 0.3) is 0 Å². The molecule has 0 unspecified atom stereocenters. The van der Waals surface area contributed by atoms with E-state index in [-0.39, 0.29) is 35.1 Å². The van der Waals surface area contributed by atoms with Crippen LogP contribution < -0.4 is 0 Å². The third-order valence-corrected chi connectivity index (χ3v) is 0.710. The van der Waals surface area contributed by atoms with E-state index >= 15 is 0 Å². The predicted molar refractivity (Wildman–Crippen MR) is 33.7 cm³/mol. The van der Waals surface area contributed by atoms with Gasteiger partial charge in [0.1, 0.15) is 0 Å². The summed E-state index contributed by atoms with van der Waals surface area (Å²) in [5.41, 5.74) is 0. The Hall–Kier alpha value is -0.430. The van der Waals surface area contributed by atoms with Gasteiger partial charge < -0.3 is 0 Å². The third kappa shape index (κ3) is 1.24. The third-order valence-electron chi connectivity index (χ3n) is 0.487. The van der Waals surface area contributed by atoms with E-state index in [1.165, 1.54) is 0 Å². The zero-order valence-electron chi connectivity index (χ0n) is 8.45. The van der Waals surface area contributed by atoms with Gasteiger partial charge in [-0.15, -0.1) is 12.6 Å². The van der Waals surface area contributed by atoms with Crippen molar-refractivity contribution in [3.05, 3.63) is 30.2 Å². The molecule has 0 aromatic heterocycles. The summed E-state index contributed by atoms with van der Waals surface area (Å²) in [6.45, 7) is 0. The Kier molecular flexibility index (Phi) is 0.442. The van der Waals surface area contributed by atoms with Gasteiger partial charge in [-0.1, -0.05) is 18.1 Å². The normalized spacial score (nSPS) is 18.7. The number of benzene rings is 1. The smallest absolute Gasteiger partial charge is 0.0634 e. The molecule has 0 aliphatic heterocycles. The van der Waals surface area contributed by atoms with Gasteiger partial charge in [0, 0.05) is 4.90 Å². The molecule has 0 nitrogen and oxygen atoms in total. The Morgan fingerprint density at radius 3 is 2.43 bits per heavy atom. The van der Waals surface area contributed by atoms with Gasteiger partial charge in [0.05, 0.1) is 6.85 Å². The first kappa shape index (κ1) is 1.52. The van der Waals surface area contributed by atoms with Gasteiger partial charge in [-0.3, -0.25) is 0 Å². The highest BCUT2D eigenvalue weighted by Gasteiger charge is 1.73. The monoisotopic (exact) mass is 115 g/mol. The summed E-state index contributed by atoms with van der Waals surface area (Å²) in [5.74, 6) is 0. The number of rotatable bonds is 0. The zero-order chi connectivity index (χ0) is 9.46. The van der Waals surface area contributed by atoms with Crippen molar-refractivity contribution < 1.29 is 6.85 Å². The van der Waals surface area contributed by atoms with Crippen molar-refractivity contribution in [1.29, 1.82) is 0 Å². The lowest BCUT2D eigenvalue weighted by molar-refractivity contribution is 1.48. The summed E-state index contributed by atoms with van der Waals surface area (Å²) < 4.78 is 36.0. The van der Waals surface area contributed by atoms with Crippen molar-refractivity contribution in [2.24, 2.45) is 0 Å². The van der Waals surface area contributed by atoms with E-state index in [1.807, 2.05) is 0 Å². The summed E-state index contributed by atoms with van der Waals surface area (Å²) >= 11 is 3.80. The van der Waals surface area contributed by atoms with Crippen LogP contribution in [0.2, 0.25) is 0 Å². The molecule has 7 heavy (non-hydrogen) atoms. The maximum absolute atomic E-state index is 7.24. The zero-order valence-corrected chi connectivity index (χ0v) is 4.34. The van der Waals surface area contributed by atoms with Gasteiger partial charge in [0.15, 0.2) is 0 Å². The summed E-state index contributed by atoms with van der Waals surface area (Å²) in [6.07, 6.45) is 0. The first-order chi connectivity index (χ1) is 5.46. The van der Waals surface area contributed by atoms with Gasteiger partial charge in [-0.25, -0.2) is 0 Å². The van der Waals surface area contributed by atoms with Crippen LogP contribution in [0.5, 0.6) is 0 Å². The molecule has 0 atom stereocenters. The van der Waals surface area contributed by atoms with Crippen LogP contribution in [-0.2, 0) is 0 Å². The minimum absolute atomic E-state index is 0.0130. The van der Waals surface area contributed by atoms with Gasteiger partial charge in [-0.05, 0) is 12.1 Å². The molecule has 0 fully saturated rings. The number of hydrogen-bond acceptors (Lipinski definition) is 1. The fraction of sp³-hybridized carbons (Fsp3) is 0. The lowest BCUT2D eigenvalue weighted by Gasteiger charge is -1.81. The van der Waals surface area contributed by atoms with Gasteiger partial charge in [-0.2, -0.15) is 0 Å². The van der Waals surface area contributed by atoms with Crippen molar-refractivity contribution in [1.82, 2.24) is 0 Å². The highest BCUT2D eigenvalue weighted by molar-refractivity contribution is 7.80. The van der Waals surface area contributed by atoms with E-state index in [1.54, 1.807) is 0 Å². The van der Waals surface area contributed by atoms with E-state index in [2.05, 4.69) is 12.6 Å². The quantitative estimate of drug-likeness (QED) is 0.491. The summed E-state index contributed by atoms with van der Waals surface area (Å²) in [7, 11) is 0. The maximum Gasteiger partial charge on any atom is 0.0634 e. The van der Waals surface area contributed by atoms with E-state index in [0.29, 0.717) is 0 Å². The largest absolute Gasteiger partial charge is 0.143 e. The second-order valence-electron chi connectivity index (χ2n) is 0.974. The van der Waals surface area contributed by atoms with E-state index in [9.17, 15) is 0 Å². The van der Waals surface area contributed by atoms with Crippen molar-refractivity contribution in [3.63, 3.8) is 0 Å². The molecule has 0 radical (unpaired) electrons. The molecule has 0 amide bonds. The van der Waals surface area contributed by atoms with Crippen LogP contribution in [0.3, 0.4) is 0 Å². The van der Waals surface area contributed by atoms with Crippen LogP contribution in [0.4, 0.5) is 0 Å². The summed E-state index contributed by atoms with van der Waals surface area (Å²) in [4.78, 5) is -0.0130. The first-order valence-corrected chi connectivity index (χ1v) is 2.17. The molecule has 1 aromatic carbocycles. The van der Waals surface area contributed by atoms with Crippen LogP contribution in [0.1, 0.15) is 6.85 Å². The molecule has 0 N–H and O–H groups in total. The van der Waals surface area contributed by atoms with Gasteiger partial charge in [0.25, 0.3) is 0 Å². The first-order valence-electron chi connectivity index (χ1n) is 4.22. The van der Waals surface area contributed by atoms with E-state index < -0.39 is 0 Å². The molecule has 0 aliphatic rings. The number of hydrogen-bond donors (Lipinski definition) is 1. The fourth-order valence-corrected chi connectivity index (χ4v) is 0.355. The predicted octanol–water partition coefficient (Wildman–Crippen LogP) is 1.98. The highest BCUT2D eigenvalue weighted by atomic mass is 32.1. The molecular formula is C6H6S. The fourth-order valence-electron chi connectivity index (χ4n) is 0.243. The molecule has 0 bridgehead atoms. The van der Waals surface area contributed by atoms with Crippen LogP contribution >= 0.6 is 12.6 Å². The molecule has 0 heterocycles. The topological polar surface area (TPSA) is 0 Å². The second-order valence-corrected chi connectivity index (χ2v) is 1.42. The van der Waals surface area contributed by atoms with Crippen molar-refractivity contribution >= 4 is 12.6 Å². The molecule has 0 aliphatic carbocycles. The average Bonchev–Trinajstić information content (AvgIpc) is 2.08. The van der Waals surface area contributed by atoms with Crippen molar-refractivity contribution in [2.45, 2.75) is 4.90 Å². The highest BCUT2D eigenvalue weighted by Crippen LogP contribution is 2.00. The summed E-state index contributed by atoms with van der Waals surface area (Å²) in [5, 5.41) is 0. The molecule has 1 aromatic rings. The molecule has 0 saturated carbocycles. The van der Waals surface area contributed by atoms with Crippen LogP contribution in [-0.4, -0.2) is 0 Å². The summed E-state index contributed by atoms with van der Waals surface area (Å²) in [6, 6.07) is -1.60. The van der Waals surface area contributed by atoms with E-state index in [4.69, 9.17) is 6.85 Å². The van der Waals surface area contributed by atoms with Crippen LogP contribution in [0.15, 0.2) is 35.1 Å². The molecule has 1 rings (SSSR count). The lowest BCUT2D eigenvalue weighted by atomic mass is 10.4. The SMILES string of the molecule is [2H]c1c([2H])c([2H])c(S)c([2H])c1[2H]. The Morgan fingerprint density at radius 2 is 1.86 bits per heavy atom. The average molecular weight is 115 g/mol. The molecule has 0 spiro atoms. The van der Waals surface area contributed by atoms with Crippen LogP contribution in [0, 0.1) is 0 Å². The Labute approximate surface area is 55.6 Å². The second kappa shape index (κ2) is 2.03. The lowest BCUT2D eigenvalue weighted by Crippen LogP contribution is -1.56. The molecule has 0 saturated heterocycles. The minimum Gasteiger partial charge on any atom is -0.143 e. The van der Waals surface area contributed by atoms with Gasteiger partial charge in [0.2, 0.25) is 0 Å². The van der Waals surface area contributed by atoms with Crippen molar-refractivity contribution in [3.8, 4) is 0 Å². The Bertz CT molecular complexity index is 230. The van der Waals surface area contributed by atoms with Gasteiger partial charge >= 0.3 is 0 Å². The Balaban J connectivity index is 3.60.